The first-order chi connectivity index (χ1) is 16.3. The van der Waals surface area contributed by atoms with Crippen LogP contribution in [0.25, 0.3) is 16.0 Å². The zero-order valence-electron chi connectivity index (χ0n) is 17.1. The largest absolute Gasteiger partial charge is 0.296 e. The molecule has 8 nitrogen and oxygen atoms in total. The molecule has 0 spiro atoms. The van der Waals surface area contributed by atoms with Crippen LogP contribution in [0.3, 0.4) is 0 Å². The number of benzene rings is 2. The Labute approximate surface area is 202 Å². The summed E-state index contributed by atoms with van der Waals surface area (Å²) >= 11 is 2.67. The lowest BCUT2D eigenvalue weighted by Gasteiger charge is -2.09. The molecule has 2 N–H and O–H groups in total. The van der Waals surface area contributed by atoms with Crippen molar-refractivity contribution in [3.05, 3.63) is 83.0 Å². The summed E-state index contributed by atoms with van der Waals surface area (Å²) in [5.74, 6) is -1.22. The molecule has 4 rings (SSSR count). The molecule has 0 aliphatic heterocycles. The number of hydrogen-bond donors (Lipinski definition) is 2. The fourth-order valence-corrected chi connectivity index (χ4v) is 5.35. The van der Waals surface area contributed by atoms with E-state index in [1.54, 1.807) is 12.1 Å². The molecule has 2 heterocycles. The third-order valence-electron chi connectivity index (χ3n) is 4.32. The van der Waals surface area contributed by atoms with Crippen molar-refractivity contribution in [3.63, 3.8) is 0 Å². The second kappa shape index (κ2) is 9.92. The van der Waals surface area contributed by atoms with E-state index in [1.165, 1.54) is 40.9 Å². The molecule has 0 unspecified atom stereocenters. The smallest absolute Gasteiger partial charge is 0.268 e. The number of amides is 1. The van der Waals surface area contributed by atoms with Crippen LogP contribution in [0.4, 0.5) is 15.2 Å². The highest BCUT2D eigenvalue weighted by atomic mass is 32.2. The van der Waals surface area contributed by atoms with E-state index in [1.807, 2.05) is 23.6 Å². The minimum atomic E-state index is -3.95. The van der Waals surface area contributed by atoms with Crippen molar-refractivity contribution >= 4 is 55.5 Å². The SMILES string of the molecule is N#C/C(=C\c1cccc(NS(=O)(=O)c2ccc(F)cc2)c1)C(=O)Nc1nnc(-c2cccs2)s1. The van der Waals surface area contributed by atoms with Crippen LogP contribution in [0.1, 0.15) is 5.56 Å². The molecule has 2 aromatic carbocycles. The Hall–Kier alpha value is -3.92. The maximum Gasteiger partial charge on any atom is 0.268 e. The molecule has 0 fully saturated rings. The Morgan fingerprint density at radius 1 is 1.09 bits per heavy atom. The third kappa shape index (κ3) is 5.52. The van der Waals surface area contributed by atoms with Gasteiger partial charge in [-0.1, -0.05) is 29.5 Å². The number of sulfonamides is 1. The first kappa shape index (κ1) is 23.2. The topological polar surface area (TPSA) is 125 Å². The Bertz CT molecular complexity index is 1510. The second-order valence-corrected chi connectivity index (χ2v) is 10.3. The molecule has 0 aliphatic carbocycles. The van der Waals surface area contributed by atoms with Crippen LogP contribution in [0.5, 0.6) is 0 Å². The summed E-state index contributed by atoms with van der Waals surface area (Å²) in [6, 6.07) is 16.2. The predicted octanol–water partition coefficient (Wildman–Crippen LogP) is 4.75. The van der Waals surface area contributed by atoms with Gasteiger partial charge in [-0.05, 0) is 59.5 Å². The van der Waals surface area contributed by atoms with E-state index in [0.717, 1.165) is 29.1 Å². The average molecular weight is 512 g/mol. The van der Waals surface area contributed by atoms with Gasteiger partial charge < -0.3 is 0 Å². The minimum Gasteiger partial charge on any atom is -0.296 e. The molecule has 12 heteroatoms. The van der Waals surface area contributed by atoms with Crippen molar-refractivity contribution in [3.8, 4) is 16.0 Å². The van der Waals surface area contributed by atoms with Crippen molar-refractivity contribution in [2.75, 3.05) is 10.0 Å². The minimum absolute atomic E-state index is 0.106. The number of rotatable bonds is 7. The number of anilines is 2. The van der Waals surface area contributed by atoms with Crippen molar-refractivity contribution in [2.45, 2.75) is 4.90 Å². The highest BCUT2D eigenvalue weighted by molar-refractivity contribution is 7.92. The first-order valence-corrected chi connectivity index (χ1v) is 12.7. The molecule has 0 radical (unpaired) electrons. The van der Waals surface area contributed by atoms with Gasteiger partial charge in [0.2, 0.25) is 5.13 Å². The second-order valence-electron chi connectivity index (χ2n) is 6.70. The van der Waals surface area contributed by atoms with Crippen LogP contribution in [0.15, 0.2) is 76.5 Å². The van der Waals surface area contributed by atoms with Crippen LogP contribution < -0.4 is 10.0 Å². The van der Waals surface area contributed by atoms with Crippen molar-refractivity contribution in [1.29, 1.82) is 5.26 Å². The number of carbonyl (C=O) groups excluding carboxylic acids is 1. The number of hydrogen-bond acceptors (Lipinski definition) is 8. The summed E-state index contributed by atoms with van der Waals surface area (Å²) in [7, 11) is -3.95. The fourth-order valence-electron chi connectivity index (χ4n) is 2.77. The summed E-state index contributed by atoms with van der Waals surface area (Å²) in [4.78, 5) is 13.4. The predicted molar refractivity (Wildman–Crippen MR) is 129 cm³/mol. The average Bonchev–Trinajstić information content (AvgIpc) is 3.50. The maximum absolute atomic E-state index is 13.1. The molecule has 4 aromatic rings. The number of carbonyl (C=O) groups is 1. The molecular weight excluding hydrogens is 497 g/mol. The van der Waals surface area contributed by atoms with Gasteiger partial charge in [0.1, 0.15) is 17.5 Å². The Kier molecular flexibility index (Phi) is 6.78. The molecule has 170 valence electrons. The van der Waals surface area contributed by atoms with E-state index in [0.29, 0.717) is 10.6 Å². The van der Waals surface area contributed by atoms with Gasteiger partial charge in [-0.25, -0.2) is 12.8 Å². The highest BCUT2D eigenvalue weighted by Gasteiger charge is 2.16. The molecule has 0 bridgehead atoms. The van der Waals surface area contributed by atoms with E-state index >= 15 is 0 Å². The van der Waals surface area contributed by atoms with Gasteiger partial charge in [0, 0.05) is 5.69 Å². The number of aromatic nitrogens is 2. The third-order valence-corrected chi connectivity index (χ3v) is 7.59. The van der Waals surface area contributed by atoms with Gasteiger partial charge in [0.25, 0.3) is 15.9 Å². The molecule has 34 heavy (non-hydrogen) atoms. The monoisotopic (exact) mass is 511 g/mol. The van der Waals surface area contributed by atoms with E-state index in [4.69, 9.17) is 0 Å². The summed E-state index contributed by atoms with van der Waals surface area (Å²) in [5, 5.41) is 22.8. The van der Waals surface area contributed by atoms with Gasteiger partial charge in [0.05, 0.1) is 9.77 Å². The van der Waals surface area contributed by atoms with Crippen LogP contribution in [0.2, 0.25) is 0 Å². The molecule has 0 atom stereocenters. The molecule has 2 aromatic heterocycles. The van der Waals surface area contributed by atoms with Crippen LogP contribution >= 0.6 is 22.7 Å². The summed E-state index contributed by atoms with van der Waals surface area (Å²) in [6.07, 6.45) is 1.33. The van der Waals surface area contributed by atoms with E-state index in [-0.39, 0.29) is 21.3 Å². The number of nitrogens with zero attached hydrogens (tertiary/aromatic N) is 3. The molecule has 0 saturated heterocycles. The normalized spacial score (nSPS) is 11.6. The Balaban J connectivity index is 1.50. The van der Waals surface area contributed by atoms with E-state index < -0.39 is 21.7 Å². The Morgan fingerprint density at radius 2 is 1.88 bits per heavy atom. The number of nitrogens with one attached hydrogen (secondary N) is 2. The Morgan fingerprint density at radius 3 is 2.59 bits per heavy atom. The van der Waals surface area contributed by atoms with Crippen LogP contribution in [-0.4, -0.2) is 24.5 Å². The van der Waals surface area contributed by atoms with E-state index in [2.05, 4.69) is 20.2 Å². The van der Waals surface area contributed by atoms with Crippen LogP contribution in [-0.2, 0) is 14.8 Å². The van der Waals surface area contributed by atoms with Gasteiger partial charge in [-0.3, -0.25) is 14.8 Å². The summed E-state index contributed by atoms with van der Waals surface area (Å²) < 4.78 is 40.5. The molecule has 0 saturated carbocycles. The molecular formula is C22H14FN5O3S3. The number of nitriles is 1. The van der Waals surface area contributed by atoms with Crippen LogP contribution in [0, 0.1) is 17.1 Å². The summed E-state index contributed by atoms with van der Waals surface area (Å²) in [6.45, 7) is 0. The lowest BCUT2D eigenvalue weighted by molar-refractivity contribution is -0.112. The highest BCUT2D eigenvalue weighted by Crippen LogP contribution is 2.30. The van der Waals surface area contributed by atoms with E-state index in [9.17, 15) is 22.9 Å². The lowest BCUT2D eigenvalue weighted by atomic mass is 10.1. The van der Waals surface area contributed by atoms with Gasteiger partial charge >= 0.3 is 0 Å². The molecule has 0 aliphatic rings. The van der Waals surface area contributed by atoms with Crippen molar-refractivity contribution < 1.29 is 17.6 Å². The number of thiophene rings is 1. The maximum atomic E-state index is 13.1. The first-order valence-electron chi connectivity index (χ1n) is 9.53. The van der Waals surface area contributed by atoms with Gasteiger partial charge in [-0.2, -0.15) is 5.26 Å². The fraction of sp³-hybridized carbons (Fsp3) is 0. The van der Waals surface area contributed by atoms with Gasteiger partial charge in [-0.15, -0.1) is 21.5 Å². The standard InChI is InChI=1S/C22H14FN5O3S3/c23-16-6-8-18(9-7-16)34(30,31)28-17-4-1-3-14(12-17)11-15(13-24)20(29)25-22-27-26-21(33-22)19-5-2-10-32-19/h1-12,28H,(H,25,27,29)/b15-11+. The van der Waals surface area contributed by atoms with Crippen molar-refractivity contribution in [2.24, 2.45) is 0 Å². The van der Waals surface area contributed by atoms with Crippen molar-refractivity contribution in [1.82, 2.24) is 10.2 Å². The van der Waals surface area contributed by atoms with Gasteiger partial charge in [0.15, 0.2) is 5.01 Å². The quantitative estimate of drug-likeness (QED) is 0.272. The summed E-state index contributed by atoms with van der Waals surface area (Å²) in [5.41, 5.74) is 0.425. The zero-order valence-corrected chi connectivity index (χ0v) is 19.5. The number of halogens is 1. The molecule has 1 amide bonds. The zero-order chi connectivity index (χ0) is 24.1. The lowest BCUT2D eigenvalue weighted by Crippen LogP contribution is -2.13.